The van der Waals surface area contributed by atoms with Gasteiger partial charge in [-0.1, -0.05) is 13.8 Å². The Morgan fingerprint density at radius 3 is 2.59 bits per heavy atom. The van der Waals surface area contributed by atoms with E-state index in [2.05, 4.69) is 4.98 Å². The second-order valence-electron chi connectivity index (χ2n) is 4.19. The molecular formula is C11H16N2O4. The van der Waals surface area contributed by atoms with Crippen molar-refractivity contribution in [2.45, 2.75) is 26.3 Å². The van der Waals surface area contributed by atoms with Crippen LogP contribution < -0.4 is 0 Å². The molecule has 1 unspecified atom stereocenters. The summed E-state index contributed by atoms with van der Waals surface area (Å²) in [4.78, 5) is 28.0. The summed E-state index contributed by atoms with van der Waals surface area (Å²) in [5.74, 6) is -1.45. The number of oxazole rings is 1. The fraction of sp³-hybridized carbons (Fsp3) is 0.545. The van der Waals surface area contributed by atoms with Gasteiger partial charge in [-0.05, 0) is 5.92 Å². The van der Waals surface area contributed by atoms with E-state index < -0.39 is 12.0 Å². The van der Waals surface area contributed by atoms with Crippen LogP contribution in [-0.4, -0.2) is 40.0 Å². The molecule has 0 spiro atoms. The Bertz CT molecular complexity index is 386. The molecule has 0 saturated heterocycles. The zero-order chi connectivity index (χ0) is 13.0. The third-order valence-electron chi connectivity index (χ3n) is 2.51. The first-order chi connectivity index (χ1) is 7.93. The van der Waals surface area contributed by atoms with E-state index in [9.17, 15) is 9.59 Å². The topological polar surface area (TPSA) is 83.6 Å². The molecule has 1 atom stereocenters. The monoisotopic (exact) mass is 240 g/mol. The molecule has 0 fully saturated rings. The van der Waals surface area contributed by atoms with E-state index in [0.29, 0.717) is 5.69 Å². The molecule has 1 aromatic heterocycles. The van der Waals surface area contributed by atoms with Crippen molar-refractivity contribution < 1.29 is 19.1 Å². The number of rotatable bonds is 5. The van der Waals surface area contributed by atoms with Crippen LogP contribution in [0.2, 0.25) is 0 Å². The van der Waals surface area contributed by atoms with Crippen molar-refractivity contribution in [1.82, 2.24) is 9.88 Å². The summed E-state index contributed by atoms with van der Waals surface area (Å²) in [6, 6.07) is -0.825. The van der Waals surface area contributed by atoms with Crippen LogP contribution in [0, 0.1) is 5.92 Å². The van der Waals surface area contributed by atoms with E-state index in [4.69, 9.17) is 9.52 Å². The SMILES string of the molecule is CC(C)C(C(=O)O)N(C)C(=O)Cc1cocn1. The van der Waals surface area contributed by atoms with Gasteiger partial charge in [0, 0.05) is 7.05 Å². The second-order valence-corrected chi connectivity index (χ2v) is 4.19. The van der Waals surface area contributed by atoms with Gasteiger partial charge in [-0.3, -0.25) is 4.79 Å². The van der Waals surface area contributed by atoms with E-state index in [1.54, 1.807) is 13.8 Å². The maximum Gasteiger partial charge on any atom is 0.326 e. The number of amides is 1. The Hall–Kier alpha value is -1.85. The third kappa shape index (κ3) is 3.30. The number of likely N-dealkylation sites (N-methyl/N-ethyl adjacent to an activating group) is 1. The van der Waals surface area contributed by atoms with Crippen LogP contribution in [0.15, 0.2) is 17.1 Å². The van der Waals surface area contributed by atoms with Gasteiger partial charge in [0.15, 0.2) is 6.39 Å². The molecule has 1 amide bonds. The lowest BCUT2D eigenvalue weighted by molar-refractivity contribution is -0.150. The molecule has 1 rings (SSSR count). The molecule has 0 aromatic carbocycles. The summed E-state index contributed by atoms with van der Waals surface area (Å²) in [5, 5.41) is 9.06. The number of aromatic nitrogens is 1. The van der Waals surface area contributed by atoms with Crippen molar-refractivity contribution in [3.05, 3.63) is 18.4 Å². The van der Waals surface area contributed by atoms with Crippen LogP contribution >= 0.6 is 0 Å². The van der Waals surface area contributed by atoms with Crippen molar-refractivity contribution in [2.75, 3.05) is 7.05 Å². The summed E-state index contributed by atoms with van der Waals surface area (Å²) in [6.45, 7) is 3.53. The molecule has 0 bridgehead atoms. The number of carboxylic acid groups (broad SMARTS) is 1. The van der Waals surface area contributed by atoms with Gasteiger partial charge in [-0.15, -0.1) is 0 Å². The first-order valence-corrected chi connectivity index (χ1v) is 5.29. The molecule has 0 radical (unpaired) electrons. The fourth-order valence-corrected chi connectivity index (χ4v) is 1.66. The van der Waals surface area contributed by atoms with Gasteiger partial charge in [0.1, 0.15) is 12.3 Å². The average molecular weight is 240 g/mol. The number of hydrogen-bond acceptors (Lipinski definition) is 4. The molecule has 17 heavy (non-hydrogen) atoms. The first-order valence-electron chi connectivity index (χ1n) is 5.29. The predicted molar refractivity (Wildman–Crippen MR) is 59.2 cm³/mol. The van der Waals surface area contributed by atoms with Crippen LogP contribution in [-0.2, 0) is 16.0 Å². The van der Waals surface area contributed by atoms with E-state index in [0.717, 1.165) is 0 Å². The minimum absolute atomic E-state index is 0.0451. The minimum atomic E-state index is -1.00. The van der Waals surface area contributed by atoms with Crippen LogP contribution in [0.4, 0.5) is 0 Å². The number of hydrogen-bond donors (Lipinski definition) is 1. The number of carboxylic acids is 1. The summed E-state index contributed by atoms with van der Waals surface area (Å²) >= 11 is 0. The molecular weight excluding hydrogens is 224 g/mol. The Morgan fingerprint density at radius 1 is 1.53 bits per heavy atom. The lowest BCUT2D eigenvalue weighted by Gasteiger charge is -2.27. The molecule has 0 saturated carbocycles. The Morgan fingerprint density at radius 2 is 2.18 bits per heavy atom. The maximum atomic E-state index is 11.8. The molecule has 6 nitrogen and oxygen atoms in total. The number of carbonyl (C=O) groups excluding carboxylic acids is 1. The van der Waals surface area contributed by atoms with Gasteiger partial charge in [-0.25, -0.2) is 9.78 Å². The zero-order valence-corrected chi connectivity index (χ0v) is 10.1. The minimum Gasteiger partial charge on any atom is -0.480 e. The van der Waals surface area contributed by atoms with E-state index >= 15 is 0 Å². The third-order valence-corrected chi connectivity index (χ3v) is 2.51. The van der Waals surface area contributed by atoms with E-state index in [1.165, 1.54) is 24.6 Å². The lowest BCUT2D eigenvalue weighted by Crippen LogP contribution is -2.46. The number of aliphatic carboxylic acids is 1. The highest BCUT2D eigenvalue weighted by atomic mass is 16.4. The fourth-order valence-electron chi connectivity index (χ4n) is 1.66. The predicted octanol–water partition coefficient (Wildman–Crippen LogP) is 0.785. The van der Waals surface area contributed by atoms with Gasteiger partial charge in [0.05, 0.1) is 12.1 Å². The summed E-state index contributed by atoms with van der Waals surface area (Å²) < 4.78 is 4.75. The van der Waals surface area contributed by atoms with Gasteiger partial charge in [0.25, 0.3) is 0 Å². The highest BCUT2D eigenvalue weighted by molar-refractivity contribution is 5.84. The quantitative estimate of drug-likeness (QED) is 0.822. The molecule has 1 aromatic rings. The molecule has 6 heteroatoms. The van der Waals surface area contributed by atoms with Crippen molar-refractivity contribution in [2.24, 2.45) is 5.92 Å². The van der Waals surface area contributed by atoms with E-state index in [-0.39, 0.29) is 18.2 Å². The van der Waals surface area contributed by atoms with Crippen molar-refractivity contribution in [3.63, 3.8) is 0 Å². The Balaban J connectivity index is 2.70. The highest BCUT2D eigenvalue weighted by Gasteiger charge is 2.29. The molecule has 0 aliphatic heterocycles. The van der Waals surface area contributed by atoms with E-state index in [1.807, 2.05) is 0 Å². The lowest BCUT2D eigenvalue weighted by atomic mass is 10.0. The molecule has 0 aliphatic rings. The van der Waals surface area contributed by atoms with Crippen molar-refractivity contribution in [1.29, 1.82) is 0 Å². The number of nitrogens with zero attached hydrogens (tertiary/aromatic N) is 2. The standard InChI is InChI=1S/C11H16N2O4/c1-7(2)10(11(15)16)13(3)9(14)4-8-5-17-6-12-8/h5-7,10H,4H2,1-3H3,(H,15,16). The normalized spacial score (nSPS) is 12.5. The zero-order valence-electron chi connectivity index (χ0n) is 10.1. The molecule has 1 heterocycles. The van der Waals surface area contributed by atoms with Crippen LogP contribution in [0.5, 0.6) is 0 Å². The summed E-state index contributed by atoms with van der Waals surface area (Å²) in [5.41, 5.74) is 0.495. The average Bonchev–Trinajstić information content (AvgIpc) is 2.68. The van der Waals surface area contributed by atoms with Gasteiger partial charge < -0.3 is 14.4 Å². The van der Waals surface area contributed by atoms with Crippen LogP contribution in [0.25, 0.3) is 0 Å². The molecule has 94 valence electrons. The Labute approximate surface area is 99.2 Å². The molecule has 1 N–H and O–H groups in total. The highest BCUT2D eigenvalue weighted by Crippen LogP contribution is 2.11. The van der Waals surface area contributed by atoms with Crippen LogP contribution in [0.3, 0.4) is 0 Å². The van der Waals surface area contributed by atoms with Crippen LogP contribution in [0.1, 0.15) is 19.5 Å². The van der Waals surface area contributed by atoms with Gasteiger partial charge in [-0.2, -0.15) is 0 Å². The van der Waals surface area contributed by atoms with Crippen molar-refractivity contribution >= 4 is 11.9 Å². The Kier molecular flexibility index (Phi) is 4.25. The second kappa shape index (κ2) is 5.47. The summed E-state index contributed by atoms with van der Waals surface area (Å²) in [6.07, 6.45) is 2.65. The van der Waals surface area contributed by atoms with Crippen molar-refractivity contribution in [3.8, 4) is 0 Å². The molecule has 0 aliphatic carbocycles. The maximum absolute atomic E-state index is 11.8. The van der Waals surface area contributed by atoms with Gasteiger partial charge in [0.2, 0.25) is 5.91 Å². The van der Waals surface area contributed by atoms with Gasteiger partial charge >= 0.3 is 5.97 Å². The summed E-state index contributed by atoms with van der Waals surface area (Å²) in [7, 11) is 1.49. The first kappa shape index (κ1) is 13.2. The number of carbonyl (C=O) groups is 2. The largest absolute Gasteiger partial charge is 0.480 e. The smallest absolute Gasteiger partial charge is 0.326 e.